The van der Waals surface area contributed by atoms with E-state index >= 15 is 0 Å². The number of nitro groups is 1. The summed E-state index contributed by atoms with van der Waals surface area (Å²) in [6.07, 6.45) is 0. The third kappa shape index (κ3) is 4.98. The molecule has 0 radical (unpaired) electrons. The van der Waals surface area contributed by atoms with Gasteiger partial charge in [-0.2, -0.15) is 0 Å². The van der Waals surface area contributed by atoms with Gasteiger partial charge >= 0.3 is 0 Å². The van der Waals surface area contributed by atoms with E-state index < -0.39 is 4.92 Å². The lowest BCUT2D eigenvalue weighted by molar-refractivity contribution is -0.384. The highest BCUT2D eigenvalue weighted by Gasteiger charge is 2.20. The zero-order chi connectivity index (χ0) is 24.9. The van der Waals surface area contributed by atoms with Gasteiger partial charge in [-0.1, -0.05) is 12.1 Å². The summed E-state index contributed by atoms with van der Waals surface area (Å²) in [6, 6.07) is 20.7. The Balaban J connectivity index is 1.78. The predicted octanol–water partition coefficient (Wildman–Crippen LogP) is 4.77. The van der Waals surface area contributed by atoms with Crippen molar-refractivity contribution >= 4 is 11.4 Å². The van der Waals surface area contributed by atoms with Crippen molar-refractivity contribution < 1.29 is 14.4 Å². The van der Waals surface area contributed by atoms with Gasteiger partial charge in [-0.15, -0.1) is 0 Å². The number of aromatic nitrogens is 2. The van der Waals surface area contributed by atoms with Crippen molar-refractivity contribution in [1.29, 1.82) is 0 Å². The van der Waals surface area contributed by atoms with E-state index in [1.165, 1.54) is 28.9 Å². The molecule has 0 fully saturated rings. The first-order valence-corrected chi connectivity index (χ1v) is 10.8. The third-order valence-electron chi connectivity index (χ3n) is 5.61. The van der Waals surface area contributed by atoms with Crippen LogP contribution in [0.3, 0.4) is 0 Å². The SMILES string of the molecule is COc1ccc(CN=C(C)c2c(-c3ccc(OC)cc3)[nH]n(-c3ccc([N+](=O)[O-])cc3)c2=O)cc1. The molecular formula is C26H24N4O5. The number of hydrogen-bond acceptors (Lipinski definition) is 6. The maximum Gasteiger partial charge on any atom is 0.280 e. The molecule has 1 heterocycles. The smallest absolute Gasteiger partial charge is 0.280 e. The van der Waals surface area contributed by atoms with E-state index in [1.807, 2.05) is 48.5 Å². The summed E-state index contributed by atoms with van der Waals surface area (Å²) in [4.78, 5) is 28.7. The molecule has 0 amide bonds. The molecule has 3 aromatic carbocycles. The summed E-state index contributed by atoms with van der Waals surface area (Å²) in [5, 5.41) is 14.2. The van der Waals surface area contributed by atoms with Crippen LogP contribution in [0.2, 0.25) is 0 Å². The molecule has 0 bridgehead atoms. The molecule has 178 valence electrons. The molecule has 0 spiro atoms. The van der Waals surface area contributed by atoms with Crippen LogP contribution in [0, 0.1) is 10.1 Å². The van der Waals surface area contributed by atoms with Gasteiger partial charge in [0.1, 0.15) is 11.5 Å². The normalized spacial score (nSPS) is 11.3. The summed E-state index contributed by atoms with van der Waals surface area (Å²) < 4.78 is 11.8. The molecule has 0 aliphatic heterocycles. The van der Waals surface area contributed by atoms with Crippen LogP contribution in [0.1, 0.15) is 18.1 Å². The zero-order valence-corrected chi connectivity index (χ0v) is 19.5. The van der Waals surface area contributed by atoms with E-state index in [0.29, 0.717) is 35.0 Å². The van der Waals surface area contributed by atoms with Crippen molar-refractivity contribution in [3.63, 3.8) is 0 Å². The fraction of sp³-hybridized carbons (Fsp3) is 0.154. The standard InChI is InChI=1S/C26H24N4O5/c1-17(27-16-18-4-12-22(34-2)13-5-18)24-25(19-6-14-23(35-3)15-7-19)28-29(26(24)31)20-8-10-21(11-9-20)30(32)33/h4-15,28H,16H2,1-3H3. The summed E-state index contributed by atoms with van der Waals surface area (Å²) in [7, 11) is 3.20. The van der Waals surface area contributed by atoms with E-state index in [1.54, 1.807) is 21.1 Å². The average molecular weight is 473 g/mol. The summed E-state index contributed by atoms with van der Waals surface area (Å²) in [5.41, 5.74) is 3.44. The van der Waals surface area contributed by atoms with Crippen LogP contribution >= 0.6 is 0 Å². The molecule has 1 N–H and O–H groups in total. The first kappa shape index (κ1) is 23.5. The van der Waals surface area contributed by atoms with Crippen LogP contribution in [0.15, 0.2) is 82.6 Å². The Morgan fingerprint density at radius 2 is 1.51 bits per heavy atom. The van der Waals surface area contributed by atoms with Crippen LogP contribution in [0.4, 0.5) is 5.69 Å². The van der Waals surface area contributed by atoms with Crippen molar-refractivity contribution in [3.05, 3.63) is 104 Å². The summed E-state index contributed by atoms with van der Waals surface area (Å²) >= 11 is 0. The molecule has 4 aromatic rings. The maximum absolute atomic E-state index is 13.5. The van der Waals surface area contributed by atoms with E-state index in [-0.39, 0.29) is 11.2 Å². The molecule has 9 nitrogen and oxygen atoms in total. The van der Waals surface area contributed by atoms with Crippen LogP contribution in [0.25, 0.3) is 16.9 Å². The minimum Gasteiger partial charge on any atom is -0.497 e. The number of rotatable bonds is 8. The number of aliphatic imine (C=N–C) groups is 1. The minimum atomic E-state index is -0.481. The van der Waals surface area contributed by atoms with Gasteiger partial charge in [-0.05, 0) is 61.0 Å². The molecule has 0 unspecified atom stereocenters. The van der Waals surface area contributed by atoms with Crippen molar-refractivity contribution in [1.82, 2.24) is 9.78 Å². The van der Waals surface area contributed by atoms with Crippen molar-refractivity contribution in [2.45, 2.75) is 13.5 Å². The van der Waals surface area contributed by atoms with E-state index in [0.717, 1.165) is 16.9 Å². The first-order valence-electron chi connectivity index (χ1n) is 10.8. The Kier molecular flexibility index (Phi) is 6.77. The topological polar surface area (TPSA) is 112 Å². The lowest BCUT2D eigenvalue weighted by Gasteiger charge is -2.05. The number of ether oxygens (including phenoxy) is 2. The fourth-order valence-electron chi connectivity index (χ4n) is 3.66. The van der Waals surface area contributed by atoms with Gasteiger partial charge in [-0.25, -0.2) is 4.68 Å². The second-order valence-corrected chi connectivity index (χ2v) is 7.75. The van der Waals surface area contributed by atoms with Gasteiger partial charge in [0.25, 0.3) is 11.2 Å². The van der Waals surface area contributed by atoms with Gasteiger partial charge in [-0.3, -0.25) is 25.0 Å². The molecule has 35 heavy (non-hydrogen) atoms. The predicted molar refractivity (Wildman–Crippen MR) is 134 cm³/mol. The Morgan fingerprint density at radius 1 is 0.943 bits per heavy atom. The Labute approximate surface area is 201 Å². The van der Waals surface area contributed by atoms with Crippen LogP contribution < -0.4 is 15.0 Å². The van der Waals surface area contributed by atoms with Gasteiger partial charge in [0, 0.05) is 23.4 Å². The number of aromatic amines is 1. The number of nitro benzene ring substituents is 1. The molecule has 9 heteroatoms. The fourth-order valence-corrected chi connectivity index (χ4v) is 3.66. The Hall–Kier alpha value is -4.66. The lowest BCUT2D eigenvalue weighted by Crippen LogP contribution is -2.19. The quantitative estimate of drug-likeness (QED) is 0.226. The Morgan fingerprint density at radius 3 is 2.06 bits per heavy atom. The van der Waals surface area contributed by atoms with E-state index in [2.05, 4.69) is 10.1 Å². The third-order valence-corrected chi connectivity index (χ3v) is 5.61. The maximum atomic E-state index is 13.5. The van der Waals surface area contributed by atoms with E-state index in [4.69, 9.17) is 9.47 Å². The van der Waals surface area contributed by atoms with Gasteiger partial charge in [0.2, 0.25) is 0 Å². The number of nitrogens with one attached hydrogen (secondary N) is 1. The molecule has 0 saturated carbocycles. The molecular weight excluding hydrogens is 448 g/mol. The Bertz CT molecular complexity index is 1420. The van der Waals surface area contributed by atoms with Gasteiger partial charge < -0.3 is 9.47 Å². The van der Waals surface area contributed by atoms with Crippen molar-refractivity contribution in [2.24, 2.45) is 4.99 Å². The number of nitrogens with zero attached hydrogens (tertiary/aromatic N) is 3. The highest BCUT2D eigenvalue weighted by atomic mass is 16.6. The second-order valence-electron chi connectivity index (χ2n) is 7.75. The number of non-ortho nitro benzene ring substituents is 1. The van der Waals surface area contributed by atoms with Crippen molar-refractivity contribution in [3.8, 4) is 28.4 Å². The monoisotopic (exact) mass is 472 g/mol. The van der Waals surface area contributed by atoms with Crippen molar-refractivity contribution in [2.75, 3.05) is 14.2 Å². The molecule has 4 rings (SSSR count). The van der Waals surface area contributed by atoms with Crippen LogP contribution in [0.5, 0.6) is 11.5 Å². The number of methoxy groups -OCH3 is 2. The largest absolute Gasteiger partial charge is 0.497 e. The second kappa shape index (κ2) is 10.1. The summed E-state index contributed by atoms with van der Waals surface area (Å²) in [5.74, 6) is 1.45. The minimum absolute atomic E-state index is 0.0545. The molecule has 0 aliphatic carbocycles. The van der Waals surface area contributed by atoms with Gasteiger partial charge in [0.05, 0.1) is 42.6 Å². The van der Waals surface area contributed by atoms with Crippen LogP contribution in [-0.2, 0) is 6.54 Å². The number of H-pyrrole nitrogens is 1. The highest BCUT2D eigenvalue weighted by molar-refractivity contribution is 6.03. The lowest BCUT2D eigenvalue weighted by atomic mass is 10.0. The number of benzene rings is 3. The average Bonchev–Trinajstić information content (AvgIpc) is 3.24. The highest BCUT2D eigenvalue weighted by Crippen LogP contribution is 2.25. The summed E-state index contributed by atoms with van der Waals surface area (Å²) in [6.45, 7) is 2.18. The zero-order valence-electron chi connectivity index (χ0n) is 19.5. The number of hydrogen-bond donors (Lipinski definition) is 1. The van der Waals surface area contributed by atoms with E-state index in [9.17, 15) is 14.9 Å². The van der Waals surface area contributed by atoms with Gasteiger partial charge in [0.15, 0.2) is 0 Å². The van der Waals surface area contributed by atoms with Crippen LogP contribution in [-0.4, -0.2) is 34.6 Å². The first-order chi connectivity index (χ1) is 16.9. The molecule has 0 saturated heterocycles. The molecule has 0 atom stereocenters. The molecule has 0 aliphatic rings. The molecule has 1 aromatic heterocycles.